The first-order valence-corrected chi connectivity index (χ1v) is 11.8. The number of fused-ring (bicyclic) bond motifs is 4. The predicted octanol–water partition coefficient (Wildman–Crippen LogP) is 4.22. The second-order valence-electron chi connectivity index (χ2n) is 8.79. The van der Waals surface area contributed by atoms with Crippen LogP contribution in [0.25, 0.3) is 5.69 Å². The molecule has 0 aliphatic carbocycles. The third kappa shape index (κ3) is 3.81. The van der Waals surface area contributed by atoms with Crippen molar-refractivity contribution in [3.8, 4) is 17.5 Å². The Morgan fingerprint density at radius 1 is 1.03 bits per heavy atom. The SMILES string of the molecule is COC1c2ccccc2C(=O)N1CC#Cc1ccc2c(c1)C(c1ccccc1F)=NCc1nnc(C)n1-2. The zero-order chi connectivity index (χ0) is 25.5. The van der Waals surface area contributed by atoms with Gasteiger partial charge in [0.05, 0.1) is 17.9 Å². The lowest BCUT2D eigenvalue weighted by Gasteiger charge is -2.21. The van der Waals surface area contributed by atoms with Crippen LogP contribution in [0.5, 0.6) is 0 Å². The number of hydrogen-bond donors (Lipinski definition) is 0. The Labute approximate surface area is 213 Å². The quantitative estimate of drug-likeness (QED) is 0.403. The van der Waals surface area contributed by atoms with Crippen molar-refractivity contribution in [1.29, 1.82) is 0 Å². The highest BCUT2D eigenvalue weighted by Gasteiger charge is 2.35. The Balaban J connectivity index is 1.38. The van der Waals surface area contributed by atoms with Crippen LogP contribution in [0, 0.1) is 24.6 Å². The highest BCUT2D eigenvalue weighted by molar-refractivity contribution is 6.15. The molecule has 7 nitrogen and oxygen atoms in total. The van der Waals surface area contributed by atoms with Crippen LogP contribution < -0.4 is 0 Å². The largest absolute Gasteiger partial charge is 0.357 e. The Bertz CT molecular complexity index is 1650. The van der Waals surface area contributed by atoms with E-state index >= 15 is 0 Å². The van der Waals surface area contributed by atoms with Crippen LogP contribution in [0.3, 0.4) is 0 Å². The monoisotopic (exact) mass is 491 g/mol. The van der Waals surface area contributed by atoms with Crippen molar-refractivity contribution >= 4 is 11.6 Å². The number of rotatable bonds is 3. The summed E-state index contributed by atoms with van der Waals surface area (Å²) < 4.78 is 22.4. The summed E-state index contributed by atoms with van der Waals surface area (Å²) in [6.45, 7) is 2.35. The molecular formula is C29H22FN5O2. The van der Waals surface area contributed by atoms with E-state index in [1.165, 1.54) is 6.07 Å². The van der Waals surface area contributed by atoms with Crippen LogP contribution in [0.15, 0.2) is 71.7 Å². The molecule has 0 saturated heterocycles. The van der Waals surface area contributed by atoms with Gasteiger partial charge in [0, 0.05) is 34.9 Å². The molecule has 2 aliphatic rings. The first-order valence-electron chi connectivity index (χ1n) is 11.8. The van der Waals surface area contributed by atoms with Gasteiger partial charge in [0.15, 0.2) is 12.1 Å². The number of aromatic nitrogens is 3. The number of benzene rings is 3. The molecule has 37 heavy (non-hydrogen) atoms. The van der Waals surface area contributed by atoms with Gasteiger partial charge in [0.2, 0.25) is 0 Å². The van der Waals surface area contributed by atoms with Gasteiger partial charge in [-0.15, -0.1) is 10.2 Å². The van der Waals surface area contributed by atoms with Gasteiger partial charge in [-0.2, -0.15) is 0 Å². The predicted molar refractivity (Wildman–Crippen MR) is 136 cm³/mol. The van der Waals surface area contributed by atoms with E-state index in [1.807, 2.05) is 47.9 Å². The first-order chi connectivity index (χ1) is 18.1. The van der Waals surface area contributed by atoms with Crippen molar-refractivity contribution < 1.29 is 13.9 Å². The second kappa shape index (κ2) is 9.12. The third-order valence-electron chi connectivity index (χ3n) is 6.60. The summed E-state index contributed by atoms with van der Waals surface area (Å²) in [7, 11) is 1.58. The molecule has 4 aromatic rings. The molecule has 0 fully saturated rings. The van der Waals surface area contributed by atoms with Crippen molar-refractivity contribution in [2.75, 3.05) is 13.7 Å². The summed E-state index contributed by atoms with van der Waals surface area (Å²) in [5, 5.41) is 8.46. The number of hydrogen-bond acceptors (Lipinski definition) is 5. The van der Waals surface area contributed by atoms with Crippen molar-refractivity contribution in [3.63, 3.8) is 0 Å². The van der Waals surface area contributed by atoms with Gasteiger partial charge in [-0.25, -0.2) is 4.39 Å². The van der Waals surface area contributed by atoms with E-state index in [9.17, 15) is 9.18 Å². The van der Waals surface area contributed by atoms with E-state index in [1.54, 1.807) is 36.3 Å². The lowest BCUT2D eigenvalue weighted by molar-refractivity contribution is -0.00644. The maximum atomic E-state index is 14.8. The molecule has 182 valence electrons. The van der Waals surface area contributed by atoms with Crippen LogP contribution in [-0.4, -0.2) is 44.9 Å². The number of carbonyl (C=O) groups excluding carboxylic acids is 1. The van der Waals surface area contributed by atoms with Crippen LogP contribution >= 0.6 is 0 Å². The summed E-state index contributed by atoms with van der Waals surface area (Å²) in [5.74, 6) is 7.22. The minimum atomic E-state index is -0.472. The van der Waals surface area contributed by atoms with Gasteiger partial charge in [0.1, 0.15) is 18.2 Å². The molecule has 0 saturated carbocycles. The number of aliphatic imine (C=N–C) groups is 1. The summed E-state index contributed by atoms with van der Waals surface area (Å²) in [6, 6.07) is 19.7. The molecule has 0 radical (unpaired) electrons. The number of amides is 1. The fourth-order valence-electron chi connectivity index (χ4n) is 4.91. The number of nitrogens with zero attached hydrogens (tertiary/aromatic N) is 5. The standard InChI is InChI=1S/C29H22FN5O2/c1-18-32-33-26-17-31-27(22-11-5-6-12-24(22)30)23-16-19(13-14-25(23)35(18)26)8-7-15-34-28(36)20-9-3-4-10-21(20)29(34)37-2/h3-6,9-14,16,29H,15,17H2,1-2H3. The highest BCUT2D eigenvalue weighted by Crippen LogP contribution is 2.33. The van der Waals surface area contributed by atoms with Gasteiger partial charge in [-0.1, -0.05) is 42.2 Å². The number of ether oxygens (including phenoxy) is 1. The van der Waals surface area contributed by atoms with Crippen molar-refractivity contribution in [2.24, 2.45) is 4.99 Å². The van der Waals surface area contributed by atoms with Crippen LogP contribution in [0.4, 0.5) is 4.39 Å². The van der Waals surface area contributed by atoms with Gasteiger partial charge in [-0.05, 0) is 43.3 Å². The van der Waals surface area contributed by atoms with Crippen molar-refractivity contribution in [2.45, 2.75) is 19.7 Å². The summed E-state index contributed by atoms with van der Waals surface area (Å²) >= 11 is 0. The van der Waals surface area contributed by atoms with E-state index in [0.717, 1.165) is 28.2 Å². The molecule has 1 atom stereocenters. The van der Waals surface area contributed by atoms with E-state index in [2.05, 4.69) is 22.0 Å². The summed E-state index contributed by atoms with van der Waals surface area (Å²) in [5.41, 5.74) is 4.68. The van der Waals surface area contributed by atoms with E-state index in [4.69, 9.17) is 9.73 Å². The fraction of sp³-hybridized carbons (Fsp3) is 0.172. The van der Waals surface area contributed by atoms with Gasteiger partial charge < -0.3 is 4.74 Å². The summed E-state index contributed by atoms with van der Waals surface area (Å²) in [6.07, 6.45) is -0.472. The number of halogens is 1. The minimum absolute atomic E-state index is 0.108. The van der Waals surface area contributed by atoms with Crippen LogP contribution in [0.2, 0.25) is 0 Å². The van der Waals surface area contributed by atoms with E-state index in [0.29, 0.717) is 22.7 Å². The molecule has 1 aromatic heterocycles. The molecule has 0 N–H and O–H groups in total. The molecule has 3 heterocycles. The van der Waals surface area contributed by atoms with E-state index in [-0.39, 0.29) is 24.8 Å². The lowest BCUT2D eigenvalue weighted by atomic mass is 9.98. The Morgan fingerprint density at radius 3 is 2.62 bits per heavy atom. The molecule has 8 heteroatoms. The first kappa shape index (κ1) is 22.8. The molecule has 0 bridgehead atoms. The maximum absolute atomic E-state index is 14.8. The second-order valence-corrected chi connectivity index (χ2v) is 8.79. The van der Waals surface area contributed by atoms with Gasteiger partial charge in [-0.3, -0.25) is 19.3 Å². The van der Waals surface area contributed by atoms with E-state index < -0.39 is 6.23 Å². The van der Waals surface area contributed by atoms with Crippen molar-refractivity contribution in [1.82, 2.24) is 19.7 Å². The molecular weight excluding hydrogens is 469 g/mol. The molecule has 3 aromatic carbocycles. The average molecular weight is 492 g/mol. The van der Waals surface area contributed by atoms with Gasteiger partial charge in [0.25, 0.3) is 5.91 Å². The topological polar surface area (TPSA) is 72.6 Å². The molecule has 2 aliphatic heterocycles. The van der Waals surface area contributed by atoms with Crippen molar-refractivity contribution in [3.05, 3.63) is 112 Å². The zero-order valence-electron chi connectivity index (χ0n) is 20.3. The Morgan fingerprint density at radius 2 is 1.81 bits per heavy atom. The Kier molecular flexibility index (Phi) is 5.63. The van der Waals surface area contributed by atoms with Crippen LogP contribution in [0.1, 0.15) is 50.5 Å². The number of methoxy groups -OCH3 is 1. The molecule has 1 amide bonds. The maximum Gasteiger partial charge on any atom is 0.257 e. The molecule has 6 rings (SSSR count). The average Bonchev–Trinajstić information content (AvgIpc) is 3.35. The number of aryl methyl sites for hydroxylation is 1. The minimum Gasteiger partial charge on any atom is -0.357 e. The molecule has 1 unspecified atom stereocenters. The fourth-order valence-corrected chi connectivity index (χ4v) is 4.91. The van der Waals surface area contributed by atoms with Gasteiger partial charge >= 0.3 is 0 Å². The lowest BCUT2D eigenvalue weighted by Crippen LogP contribution is -2.29. The Hall–Kier alpha value is -4.61. The number of carbonyl (C=O) groups is 1. The molecule has 0 spiro atoms. The van der Waals surface area contributed by atoms with Crippen LogP contribution in [-0.2, 0) is 11.3 Å². The summed E-state index contributed by atoms with van der Waals surface area (Å²) in [4.78, 5) is 19.2. The zero-order valence-corrected chi connectivity index (χ0v) is 20.3. The normalized spacial score (nSPS) is 15.8. The third-order valence-corrected chi connectivity index (χ3v) is 6.60. The smallest absolute Gasteiger partial charge is 0.257 e. The highest BCUT2D eigenvalue weighted by atomic mass is 19.1.